The van der Waals surface area contributed by atoms with Gasteiger partial charge in [-0.15, -0.1) is 0 Å². The van der Waals surface area contributed by atoms with Gasteiger partial charge in [-0.05, 0) is 24.1 Å². The number of unbranched alkanes of at least 4 members (excludes halogenated alkanes) is 5. The zero-order chi connectivity index (χ0) is 15.3. The highest BCUT2D eigenvalue weighted by molar-refractivity contribution is 5.45. The van der Waals surface area contributed by atoms with Gasteiger partial charge in [0.15, 0.2) is 0 Å². The summed E-state index contributed by atoms with van der Waals surface area (Å²) in [4.78, 5) is 0. The topological polar surface area (TPSA) is 29.5 Å². The Balaban J connectivity index is 1.85. The molecule has 21 heavy (non-hydrogen) atoms. The SMILES string of the molecule is CCCCCCCCC(O)c1ccc2c(c1)C(C)(C)CO2. The summed E-state index contributed by atoms with van der Waals surface area (Å²) < 4.78 is 5.70. The molecule has 2 rings (SSSR count). The number of benzene rings is 1. The van der Waals surface area contributed by atoms with Gasteiger partial charge in [-0.3, -0.25) is 0 Å². The van der Waals surface area contributed by atoms with Crippen LogP contribution in [0.4, 0.5) is 0 Å². The van der Waals surface area contributed by atoms with Crippen LogP contribution in [0.1, 0.15) is 82.9 Å². The molecule has 1 aliphatic heterocycles. The van der Waals surface area contributed by atoms with Crippen LogP contribution < -0.4 is 4.74 Å². The molecule has 1 aliphatic rings. The molecule has 0 radical (unpaired) electrons. The number of hydrogen-bond donors (Lipinski definition) is 1. The van der Waals surface area contributed by atoms with E-state index in [9.17, 15) is 5.11 Å². The van der Waals surface area contributed by atoms with Gasteiger partial charge in [0.2, 0.25) is 0 Å². The fourth-order valence-corrected chi connectivity index (χ4v) is 3.03. The van der Waals surface area contributed by atoms with Gasteiger partial charge in [0.1, 0.15) is 5.75 Å². The molecule has 1 atom stereocenters. The zero-order valence-electron chi connectivity index (χ0n) is 13.8. The molecule has 0 aliphatic carbocycles. The number of aliphatic hydroxyl groups is 1. The summed E-state index contributed by atoms with van der Waals surface area (Å²) in [7, 11) is 0. The molecule has 2 heteroatoms. The molecule has 0 bridgehead atoms. The summed E-state index contributed by atoms with van der Waals surface area (Å²) in [6, 6.07) is 6.18. The first kappa shape index (κ1) is 16.4. The lowest BCUT2D eigenvalue weighted by Gasteiger charge is -2.17. The van der Waals surface area contributed by atoms with Crippen LogP contribution in [0.5, 0.6) is 5.75 Å². The molecule has 1 aromatic carbocycles. The zero-order valence-corrected chi connectivity index (χ0v) is 13.8. The molecular formula is C19H30O2. The third-order valence-corrected chi connectivity index (χ3v) is 4.54. The van der Waals surface area contributed by atoms with Crippen LogP contribution in [0.25, 0.3) is 0 Å². The van der Waals surface area contributed by atoms with Crippen LogP contribution in [0, 0.1) is 0 Å². The van der Waals surface area contributed by atoms with Crippen LogP contribution in [-0.4, -0.2) is 11.7 Å². The van der Waals surface area contributed by atoms with E-state index in [-0.39, 0.29) is 11.5 Å². The fourth-order valence-electron chi connectivity index (χ4n) is 3.03. The van der Waals surface area contributed by atoms with E-state index in [0.717, 1.165) is 30.8 Å². The van der Waals surface area contributed by atoms with Crippen LogP contribution in [0.2, 0.25) is 0 Å². The number of rotatable bonds is 8. The van der Waals surface area contributed by atoms with Gasteiger partial charge >= 0.3 is 0 Å². The molecule has 0 amide bonds. The van der Waals surface area contributed by atoms with Crippen molar-refractivity contribution in [1.82, 2.24) is 0 Å². The third kappa shape index (κ3) is 4.23. The van der Waals surface area contributed by atoms with Crippen LogP contribution in [0.3, 0.4) is 0 Å². The highest BCUT2D eigenvalue weighted by Gasteiger charge is 2.32. The average molecular weight is 290 g/mol. The lowest BCUT2D eigenvalue weighted by molar-refractivity contribution is 0.163. The van der Waals surface area contributed by atoms with Crippen molar-refractivity contribution in [2.24, 2.45) is 0 Å². The summed E-state index contributed by atoms with van der Waals surface area (Å²) in [5, 5.41) is 10.4. The molecule has 1 heterocycles. The van der Waals surface area contributed by atoms with Crippen LogP contribution in [0.15, 0.2) is 18.2 Å². The summed E-state index contributed by atoms with van der Waals surface area (Å²) in [6.07, 6.45) is 8.13. The van der Waals surface area contributed by atoms with Gasteiger partial charge in [0.05, 0.1) is 12.7 Å². The Bertz CT molecular complexity index is 451. The number of ether oxygens (including phenoxy) is 1. The maximum Gasteiger partial charge on any atom is 0.123 e. The monoisotopic (exact) mass is 290 g/mol. The second-order valence-corrected chi connectivity index (χ2v) is 7.00. The molecule has 0 fully saturated rings. The minimum atomic E-state index is -0.335. The Morgan fingerprint density at radius 2 is 1.86 bits per heavy atom. The van der Waals surface area contributed by atoms with Crippen molar-refractivity contribution in [3.05, 3.63) is 29.3 Å². The summed E-state index contributed by atoms with van der Waals surface area (Å²) >= 11 is 0. The van der Waals surface area contributed by atoms with E-state index in [1.807, 2.05) is 12.1 Å². The lowest BCUT2D eigenvalue weighted by atomic mass is 9.85. The normalized spacial score (nSPS) is 17.3. The fraction of sp³-hybridized carbons (Fsp3) is 0.684. The number of hydrogen-bond acceptors (Lipinski definition) is 2. The summed E-state index contributed by atoms with van der Waals surface area (Å²) in [5.41, 5.74) is 2.34. The van der Waals surface area contributed by atoms with E-state index in [0.29, 0.717) is 0 Å². The Morgan fingerprint density at radius 3 is 2.62 bits per heavy atom. The van der Waals surface area contributed by atoms with E-state index < -0.39 is 0 Å². The van der Waals surface area contributed by atoms with E-state index in [1.165, 1.54) is 37.7 Å². The average Bonchev–Trinajstić information content (AvgIpc) is 2.78. The first-order valence-electron chi connectivity index (χ1n) is 8.50. The predicted molar refractivity (Wildman–Crippen MR) is 87.9 cm³/mol. The van der Waals surface area contributed by atoms with Gasteiger partial charge in [0.25, 0.3) is 0 Å². The molecular weight excluding hydrogens is 260 g/mol. The first-order chi connectivity index (χ1) is 10.0. The van der Waals surface area contributed by atoms with Crippen molar-refractivity contribution in [1.29, 1.82) is 0 Å². The highest BCUT2D eigenvalue weighted by atomic mass is 16.5. The smallest absolute Gasteiger partial charge is 0.123 e. The Kier molecular flexibility index (Phi) is 5.69. The standard InChI is InChI=1S/C19H30O2/c1-4-5-6-7-8-9-10-17(20)15-11-12-18-16(13-15)19(2,3)14-21-18/h11-13,17,20H,4-10,14H2,1-3H3. The van der Waals surface area contributed by atoms with Crippen molar-refractivity contribution in [2.75, 3.05) is 6.61 Å². The second kappa shape index (κ2) is 7.31. The van der Waals surface area contributed by atoms with Gasteiger partial charge in [-0.2, -0.15) is 0 Å². The first-order valence-corrected chi connectivity index (χ1v) is 8.50. The van der Waals surface area contributed by atoms with Crippen LogP contribution >= 0.6 is 0 Å². The summed E-state index contributed by atoms with van der Waals surface area (Å²) in [6.45, 7) is 7.37. The van der Waals surface area contributed by atoms with Crippen molar-refractivity contribution in [2.45, 2.75) is 77.2 Å². The minimum Gasteiger partial charge on any atom is -0.492 e. The van der Waals surface area contributed by atoms with E-state index in [4.69, 9.17) is 4.74 Å². The Morgan fingerprint density at radius 1 is 1.14 bits per heavy atom. The van der Waals surface area contributed by atoms with E-state index in [2.05, 4.69) is 26.8 Å². The van der Waals surface area contributed by atoms with Gasteiger partial charge in [0, 0.05) is 11.0 Å². The molecule has 2 nitrogen and oxygen atoms in total. The quantitative estimate of drug-likeness (QED) is 0.672. The van der Waals surface area contributed by atoms with Gasteiger partial charge in [-0.25, -0.2) is 0 Å². The van der Waals surface area contributed by atoms with Gasteiger partial charge in [-0.1, -0.05) is 65.4 Å². The molecule has 1 aromatic rings. The van der Waals surface area contributed by atoms with Crippen molar-refractivity contribution < 1.29 is 9.84 Å². The van der Waals surface area contributed by atoms with E-state index in [1.54, 1.807) is 0 Å². The van der Waals surface area contributed by atoms with Crippen LogP contribution in [-0.2, 0) is 5.41 Å². The molecule has 1 unspecified atom stereocenters. The Labute approximate surface area is 129 Å². The second-order valence-electron chi connectivity index (χ2n) is 7.00. The number of fused-ring (bicyclic) bond motifs is 1. The maximum atomic E-state index is 10.4. The highest BCUT2D eigenvalue weighted by Crippen LogP contribution is 2.39. The largest absolute Gasteiger partial charge is 0.492 e. The summed E-state index contributed by atoms with van der Waals surface area (Å²) in [5.74, 6) is 0.982. The predicted octanol–water partition coefficient (Wildman–Crippen LogP) is 5.14. The van der Waals surface area contributed by atoms with Crippen molar-refractivity contribution in [3.63, 3.8) is 0 Å². The molecule has 118 valence electrons. The van der Waals surface area contributed by atoms with Crippen molar-refractivity contribution in [3.8, 4) is 5.75 Å². The molecule has 0 spiro atoms. The van der Waals surface area contributed by atoms with Gasteiger partial charge < -0.3 is 9.84 Å². The third-order valence-electron chi connectivity index (χ3n) is 4.54. The molecule has 1 N–H and O–H groups in total. The molecule has 0 saturated carbocycles. The maximum absolute atomic E-state index is 10.4. The molecule has 0 saturated heterocycles. The lowest BCUT2D eigenvalue weighted by Crippen LogP contribution is -2.18. The Hall–Kier alpha value is -1.02. The number of aliphatic hydroxyl groups excluding tert-OH is 1. The van der Waals surface area contributed by atoms with Crippen molar-refractivity contribution >= 4 is 0 Å². The molecule has 0 aromatic heterocycles. The minimum absolute atomic E-state index is 0.0607. The van der Waals surface area contributed by atoms with E-state index >= 15 is 0 Å².